The van der Waals surface area contributed by atoms with E-state index in [0.29, 0.717) is 0 Å². The van der Waals surface area contributed by atoms with Gasteiger partial charge in [-0.25, -0.2) is 9.97 Å². The van der Waals surface area contributed by atoms with Gasteiger partial charge in [-0.2, -0.15) is 0 Å². The van der Waals surface area contributed by atoms with Gasteiger partial charge >= 0.3 is 0 Å². The lowest BCUT2D eigenvalue weighted by Gasteiger charge is -2.13. The van der Waals surface area contributed by atoms with Crippen molar-refractivity contribution in [3.05, 3.63) is 182 Å². The van der Waals surface area contributed by atoms with Gasteiger partial charge in [0.05, 0.1) is 22.4 Å². The molecule has 0 aliphatic heterocycles. The maximum Gasteiger partial charge on any atom is 0.143 e. The molecular weight excluding hydrogens is 621 g/mol. The van der Waals surface area contributed by atoms with E-state index < -0.39 is 0 Å². The summed E-state index contributed by atoms with van der Waals surface area (Å²) in [5.74, 6) is 0. The maximum atomic E-state index is 6.79. The number of furan rings is 1. The highest BCUT2D eigenvalue weighted by Crippen LogP contribution is 2.43. The summed E-state index contributed by atoms with van der Waals surface area (Å²) in [6, 6.07) is 63.9. The third kappa shape index (κ3) is 5.06. The summed E-state index contributed by atoms with van der Waals surface area (Å²) in [6.45, 7) is 0. The molecule has 3 heteroatoms. The zero-order valence-electron chi connectivity index (χ0n) is 27.6. The molecule has 8 aromatic carbocycles. The summed E-state index contributed by atoms with van der Waals surface area (Å²) in [4.78, 5) is 10.2. The molecule has 10 aromatic rings. The van der Waals surface area contributed by atoms with E-state index >= 15 is 0 Å². The van der Waals surface area contributed by atoms with E-state index in [-0.39, 0.29) is 0 Å². The highest BCUT2D eigenvalue weighted by molar-refractivity contribution is 6.19. The largest absolute Gasteiger partial charge is 0.455 e. The van der Waals surface area contributed by atoms with Crippen LogP contribution in [-0.4, -0.2) is 9.97 Å². The zero-order valence-corrected chi connectivity index (χ0v) is 27.6. The molecule has 238 valence electrons. The minimum atomic E-state index is 0.821. The summed E-state index contributed by atoms with van der Waals surface area (Å²) < 4.78 is 6.79. The van der Waals surface area contributed by atoms with Gasteiger partial charge in [0.1, 0.15) is 11.2 Å². The van der Waals surface area contributed by atoms with Crippen molar-refractivity contribution in [3.63, 3.8) is 0 Å². The van der Waals surface area contributed by atoms with Gasteiger partial charge in [0.25, 0.3) is 0 Å². The molecule has 2 heterocycles. The number of aromatic nitrogens is 2. The Labute approximate surface area is 295 Å². The molecule has 51 heavy (non-hydrogen) atoms. The lowest BCUT2D eigenvalue weighted by Crippen LogP contribution is -1.95. The Balaban J connectivity index is 1.20. The molecule has 0 fully saturated rings. The summed E-state index contributed by atoms with van der Waals surface area (Å²) >= 11 is 0. The van der Waals surface area contributed by atoms with Crippen LogP contribution in [0.4, 0.5) is 0 Å². The Morgan fingerprint density at radius 2 is 0.824 bits per heavy atom. The Morgan fingerprint density at radius 3 is 1.45 bits per heavy atom. The van der Waals surface area contributed by atoms with Crippen LogP contribution in [-0.2, 0) is 0 Å². The van der Waals surface area contributed by atoms with Gasteiger partial charge in [0, 0.05) is 27.3 Å². The normalized spacial score (nSPS) is 11.5. The lowest BCUT2D eigenvalue weighted by atomic mass is 9.90. The first-order valence-corrected chi connectivity index (χ1v) is 17.2. The van der Waals surface area contributed by atoms with Gasteiger partial charge in [-0.15, -0.1) is 0 Å². The Kier molecular flexibility index (Phi) is 6.81. The number of benzene rings is 8. The smallest absolute Gasteiger partial charge is 0.143 e. The number of hydrogen-bond donors (Lipinski definition) is 0. The molecule has 2 aromatic heterocycles. The molecule has 0 saturated carbocycles. The number of para-hydroxylation sites is 2. The summed E-state index contributed by atoms with van der Waals surface area (Å²) in [7, 11) is 0. The van der Waals surface area contributed by atoms with Crippen LogP contribution in [0, 0.1) is 0 Å². The molecule has 0 N–H and O–H groups in total. The third-order valence-electron chi connectivity index (χ3n) is 9.83. The fourth-order valence-electron chi connectivity index (χ4n) is 7.36. The van der Waals surface area contributed by atoms with Crippen LogP contribution in [0.1, 0.15) is 0 Å². The molecular formula is C48H30N2O. The molecule has 0 saturated heterocycles. The topological polar surface area (TPSA) is 38.9 Å². The maximum absolute atomic E-state index is 6.79. The van der Waals surface area contributed by atoms with Gasteiger partial charge in [0.2, 0.25) is 0 Å². The van der Waals surface area contributed by atoms with E-state index in [9.17, 15) is 0 Å². The van der Waals surface area contributed by atoms with Crippen molar-refractivity contribution in [2.75, 3.05) is 0 Å². The molecule has 0 aliphatic carbocycles. The van der Waals surface area contributed by atoms with Crippen molar-refractivity contribution in [2.45, 2.75) is 0 Å². The van der Waals surface area contributed by atoms with Crippen molar-refractivity contribution in [2.24, 2.45) is 0 Å². The van der Waals surface area contributed by atoms with Crippen LogP contribution in [0.5, 0.6) is 0 Å². The molecule has 0 atom stereocenters. The highest BCUT2D eigenvalue weighted by Gasteiger charge is 2.19. The van der Waals surface area contributed by atoms with Crippen molar-refractivity contribution in [1.82, 2.24) is 9.97 Å². The van der Waals surface area contributed by atoms with Crippen LogP contribution in [0.2, 0.25) is 0 Å². The lowest BCUT2D eigenvalue weighted by molar-refractivity contribution is 0.673. The Bertz CT molecular complexity index is 2840. The van der Waals surface area contributed by atoms with Crippen molar-refractivity contribution < 1.29 is 4.42 Å². The summed E-state index contributed by atoms with van der Waals surface area (Å²) in [5.41, 5.74) is 14.2. The minimum absolute atomic E-state index is 0.821. The number of hydrogen-bond acceptors (Lipinski definition) is 3. The average molecular weight is 651 g/mol. The quantitative estimate of drug-likeness (QED) is 0.186. The number of fused-ring (bicyclic) bond motifs is 6. The second kappa shape index (κ2) is 11.9. The van der Waals surface area contributed by atoms with E-state index in [4.69, 9.17) is 14.4 Å². The minimum Gasteiger partial charge on any atom is -0.455 e. The van der Waals surface area contributed by atoms with Crippen LogP contribution in [0.25, 0.3) is 99.6 Å². The Hall–Kier alpha value is -6.84. The number of nitrogens with zero attached hydrogens (tertiary/aromatic N) is 2. The molecule has 0 bridgehead atoms. The fourth-order valence-corrected chi connectivity index (χ4v) is 7.36. The SMILES string of the molecule is c1ccc(-c2cc(-c3ccccc3)cc(-c3cc4c5ccc(-c6nc7ccccc7nc6-c6ccccc6)cc5oc4c4ccccc34)c2)cc1. The molecule has 0 amide bonds. The fraction of sp³-hybridized carbons (Fsp3) is 0. The molecule has 0 aliphatic rings. The van der Waals surface area contributed by atoms with Gasteiger partial charge < -0.3 is 4.42 Å². The average Bonchev–Trinajstić information content (AvgIpc) is 3.59. The third-order valence-corrected chi connectivity index (χ3v) is 9.83. The first kappa shape index (κ1) is 29.1. The van der Waals surface area contributed by atoms with Gasteiger partial charge in [-0.1, -0.05) is 133 Å². The van der Waals surface area contributed by atoms with Crippen molar-refractivity contribution in [3.8, 4) is 55.9 Å². The second-order valence-electron chi connectivity index (χ2n) is 13.0. The van der Waals surface area contributed by atoms with Gasteiger partial charge in [-0.05, 0) is 87.3 Å². The highest BCUT2D eigenvalue weighted by atomic mass is 16.3. The monoisotopic (exact) mass is 650 g/mol. The van der Waals surface area contributed by atoms with E-state index in [0.717, 1.165) is 66.3 Å². The molecule has 10 rings (SSSR count). The van der Waals surface area contributed by atoms with E-state index in [1.807, 2.05) is 42.5 Å². The van der Waals surface area contributed by atoms with Gasteiger partial charge in [0.15, 0.2) is 0 Å². The van der Waals surface area contributed by atoms with E-state index in [2.05, 4.69) is 140 Å². The van der Waals surface area contributed by atoms with Crippen molar-refractivity contribution >= 4 is 43.7 Å². The second-order valence-corrected chi connectivity index (χ2v) is 13.0. The first-order chi connectivity index (χ1) is 25.3. The molecule has 0 unspecified atom stereocenters. The van der Waals surface area contributed by atoms with Crippen LogP contribution < -0.4 is 0 Å². The first-order valence-electron chi connectivity index (χ1n) is 17.2. The standard InChI is InChI=1S/C48H30N2O/c1-4-14-31(15-5-1)35-26-36(32-16-6-2-7-17-32)28-37(27-35)41-30-42-39-25-24-34(29-45(39)51-48(42)40-21-11-10-20-38(40)41)47-46(33-18-8-3-9-19-33)49-43-22-12-13-23-44(43)50-47/h1-30H. The predicted octanol–water partition coefficient (Wildman–Crippen LogP) is 13.0. The van der Waals surface area contributed by atoms with Gasteiger partial charge in [-0.3, -0.25) is 0 Å². The molecule has 3 nitrogen and oxygen atoms in total. The number of rotatable bonds is 5. The predicted molar refractivity (Wildman–Crippen MR) is 212 cm³/mol. The molecule has 0 spiro atoms. The Morgan fingerprint density at radius 1 is 0.314 bits per heavy atom. The summed E-state index contributed by atoms with van der Waals surface area (Å²) in [6.07, 6.45) is 0. The van der Waals surface area contributed by atoms with E-state index in [1.54, 1.807) is 0 Å². The van der Waals surface area contributed by atoms with E-state index in [1.165, 1.54) is 33.4 Å². The van der Waals surface area contributed by atoms with Crippen LogP contribution >= 0.6 is 0 Å². The van der Waals surface area contributed by atoms with Crippen molar-refractivity contribution in [1.29, 1.82) is 0 Å². The molecule has 0 radical (unpaired) electrons. The zero-order chi connectivity index (χ0) is 33.7. The van der Waals surface area contributed by atoms with Crippen LogP contribution in [0.15, 0.2) is 186 Å². The summed E-state index contributed by atoms with van der Waals surface area (Å²) in [5, 5.41) is 4.40. The van der Waals surface area contributed by atoms with Crippen LogP contribution in [0.3, 0.4) is 0 Å².